The predicted octanol–water partition coefficient (Wildman–Crippen LogP) is 0.868. The molecule has 11 heavy (non-hydrogen) atoms. The summed E-state index contributed by atoms with van der Waals surface area (Å²) >= 11 is 0. The van der Waals surface area contributed by atoms with Crippen molar-refractivity contribution in [3.05, 3.63) is 0 Å². The molecule has 0 spiro atoms. The van der Waals surface area contributed by atoms with Crippen molar-refractivity contribution in [3.8, 4) is 0 Å². The largest absolute Gasteiger partial charge is 0.311 e. The summed E-state index contributed by atoms with van der Waals surface area (Å²) < 4.78 is 0. The van der Waals surface area contributed by atoms with Crippen molar-refractivity contribution >= 4 is 0 Å². The molecule has 0 aliphatic rings. The van der Waals surface area contributed by atoms with Gasteiger partial charge in [0, 0.05) is 19.1 Å². The van der Waals surface area contributed by atoms with Gasteiger partial charge in [0.05, 0.1) is 7.11 Å². The van der Waals surface area contributed by atoms with Gasteiger partial charge in [-0.2, -0.15) is 5.06 Å². The van der Waals surface area contributed by atoms with Crippen LogP contribution in [0.4, 0.5) is 0 Å². The van der Waals surface area contributed by atoms with Crippen LogP contribution in [0.2, 0.25) is 0 Å². The molecular weight excluding hydrogens is 140 g/mol. The highest BCUT2D eigenvalue weighted by Gasteiger charge is 2.17. The lowest BCUT2D eigenvalue weighted by Gasteiger charge is -2.29. The second-order valence-electron chi connectivity index (χ2n) is 3.38. The van der Waals surface area contributed by atoms with Crippen LogP contribution < -0.4 is 5.32 Å². The van der Waals surface area contributed by atoms with Crippen molar-refractivity contribution in [1.82, 2.24) is 10.4 Å². The van der Waals surface area contributed by atoms with Crippen molar-refractivity contribution in [2.45, 2.75) is 26.3 Å². The first-order valence-electron chi connectivity index (χ1n) is 4.02. The summed E-state index contributed by atoms with van der Waals surface area (Å²) in [5, 5.41) is 5.19. The third-order valence-corrected chi connectivity index (χ3v) is 1.58. The van der Waals surface area contributed by atoms with E-state index in [0.29, 0.717) is 0 Å². The quantitative estimate of drug-likeness (QED) is 0.604. The van der Waals surface area contributed by atoms with Gasteiger partial charge in [0.25, 0.3) is 0 Å². The maximum absolute atomic E-state index is 5.03. The summed E-state index contributed by atoms with van der Waals surface area (Å²) in [7, 11) is 3.61. The highest BCUT2D eigenvalue weighted by Crippen LogP contribution is 2.03. The van der Waals surface area contributed by atoms with E-state index in [4.69, 9.17) is 4.84 Å². The minimum Gasteiger partial charge on any atom is -0.311 e. The topological polar surface area (TPSA) is 24.5 Å². The van der Waals surface area contributed by atoms with Crippen molar-refractivity contribution < 1.29 is 4.84 Å². The fourth-order valence-electron chi connectivity index (χ4n) is 1.16. The summed E-state index contributed by atoms with van der Waals surface area (Å²) in [4.78, 5) is 5.03. The molecular formula is C8H20N2O. The second-order valence-corrected chi connectivity index (χ2v) is 3.38. The molecule has 3 heteroatoms. The Morgan fingerprint density at radius 1 is 1.45 bits per heavy atom. The molecule has 0 heterocycles. The van der Waals surface area contributed by atoms with E-state index in [-0.39, 0.29) is 5.54 Å². The zero-order chi connectivity index (χ0) is 8.91. The Morgan fingerprint density at radius 2 is 2.00 bits per heavy atom. The van der Waals surface area contributed by atoms with Crippen LogP contribution in [-0.2, 0) is 4.84 Å². The number of likely N-dealkylation sites (N-methyl/N-ethyl adjacent to an activating group) is 2. The first-order chi connectivity index (χ1) is 5.02. The lowest BCUT2D eigenvalue weighted by Crippen LogP contribution is -2.47. The zero-order valence-electron chi connectivity index (χ0n) is 8.27. The molecule has 0 fully saturated rings. The van der Waals surface area contributed by atoms with Gasteiger partial charge >= 0.3 is 0 Å². The fourth-order valence-corrected chi connectivity index (χ4v) is 1.16. The first kappa shape index (κ1) is 10.9. The summed E-state index contributed by atoms with van der Waals surface area (Å²) in [6.07, 6.45) is 0. The molecule has 0 rings (SSSR count). The van der Waals surface area contributed by atoms with Gasteiger partial charge in [0.2, 0.25) is 0 Å². The number of rotatable bonds is 5. The monoisotopic (exact) mass is 160 g/mol. The van der Waals surface area contributed by atoms with Crippen molar-refractivity contribution in [2.75, 3.05) is 27.2 Å². The number of hydroxylamine groups is 2. The third-order valence-electron chi connectivity index (χ3n) is 1.58. The maximum Gasteiger partial charge on any atom is 0.0575 e. The van der Waals surface area contributed by atoms with Crippen LogP contribution in [0.1, 0.15) is 20.8 Å². The van der Waals surface area contributed by atoms with Crippen molar-refractivity contribution in [1.29, 1.82) is 0 Å². The minimum absolute atomic E-state index is 0.125. The van der Waals surface area contributed by atoms with Crippen LogP contribution in [0, 0.1) is 0 Å². The molecule has 0 radical (unpaired) electrons. The average Bonchev–Trinajstić information content (AvgIpc) is 1.86. The maximum atomic E-state index is 5.03. The van der Waals surface area contributed by atoms with E-state index in [1.54, 1.807) is 7.11 Å². The van der Waals surface area contributed by atoms with Gasteiger partial charge in [0.1, 0.15) is 0 Å². The normalized spacial score (nSPS) is 12.5. The third kappa shape index (κ3) is 5.18. The summed E-state index contributed by atoms with van der Waals surface area (Å²) in [5.74, 6) is 0. The van der Waals surface area contributed by atoms with Crippen molar-refractivity contribution in [3.63, 3.8) is 0 Å². The fraction of sp³-hybridized carbons (Fsp3) is 1.00. The molecule has 0 aromatic rings. The van der Waals surface area contributed by atoms with E-state index in [2.05, 4.69) is 26.1 Å². The molecule has 3 nitrogen and oxygen atoms in total. The van der Waals surface area contributed by atoms with Gasteiger partial charge in [0.15, 0.2) is 0 Å². The molecule has 0 unspecified atom stereocenters. The number of hydrogen-bond donors (Lipinski definition) is 1. The molecule has 0 saturated heterocycles. The molecule has 0 aliphatic carbocycles. The van der Waals surface area contributed by atoms with Crippen LogP contribution >= 0.6 is 0 Å². The van der Waals surface area contributed by atoms with Crippen LogP contribution in [0.3, 0.4) is 0 Å². The van der Waals surface area contributed by atoms with E-state index < -0.39 is 0 Å². The van der Waals surface area contributed by atoms with Gasteiger partial charge < -0.3 is 10.2 Å². The minimum atomic E-state index is 0.125. The molecule has 0 aliphatic heterocycles. The van der Waals surface area contributed by atoms with Gasteiger partial charge in [-0.1, -0.05) is 6.92 Å². The van der Waals surface area contributed by atoms with Gasteiger partial charge in [-0.3, -0.25) is 0 Å². The molecule has 0 atom stereocenters. The number of hydrogen-bond acceptors (Lipinski definition) is 3. The average molecular weight is 160 g/mol. The Balaban J connectivity index is 3.70. The molecule has 0 amide bonds. The Labute approximate surface area is 69.7 Å². The van der Waals surface area contributed by atoms with Crippen LogP contribution in [-0.4, -0.2) is 37.8 Å². The van der Waals surface area contributed by atoms with Gasteiger partial charge in [-0.15, -0.1) is 0 Å². The van der Waals surface area contributed by atoms with E-state index in [9.17, 15) is 0 Å². The molecule has 0 aromatic carbocycles. The molecule has 0 saturated carbocycles. The van der Waals surface area contributed by atoms with E-state index in [1.807, 2.05) is 12.1 Å². The Morgan fingerprint density at radius 3 is 2.36 bits per heavy atom. The smallest absolute Gasteiger partial charge is 0.0575 e. The standard InChI is InChI=1S/C8H20N2O/c1-6-9-8(2,3)7-10(4)11-5/h9H,6-7H2,1-5H3. The summed E-state index contributed by atoms with van der Waals surface area (Å²) in [6.45, 7) is 8.30. The molecule has 68 valence electrons. The van der Waals surface area contributed by atoms with Gasteiger partial charge in [-0.05, 0) is 20.4 Å². The number of nitrogens with one attached hydrogen (secondary N) is 1. The second kappa shape index (κ2) is 4.70. The predicted molar refractivity (Wildman–Crippen MR) is 47.4 cm³/mol. The Kier molecular flexibility index (Phi) is 4.65. The SMILES string of the molecule is CCNC(C)(C)CN(C)OC. The highest BCUT2D eigenvalue weighted by molar-refractivity contribution is 4.77. The number of nitrogens with zero attached hydrogens (tertiary/aromatic N) is 1. The Hall–Kier alpha value is -0.120. The van der Waals surface area contributed by atoms with Gasteiger partial charge in [-0.25, -0.2) is 0 Å². The molecule has 0 aromatic heterocycles. The van der Waals surface area contributed by atoms with E-state index in [1.165, 1.54) is 0 Å². The van der Waals surface area contributed by atoms with E-state index >= 15 is 0 Å². The van der Waals surface area contributed by atoms with E-state index in [0.717, 1.165) is 13.1 Å². The van der Waals surface area contributed by atoms with Crippen LogP contribution in [0.5, 0.6) is 0 Å². The highest BCUT2D eigenvalue weighted by atomic mass is 16.7. The molecule has 0 bridgehead atoms. The zero-order valence-corrected chi connectivity index (χ0v) is 8.27. The lowest BCUT2D eigenvalue weighted by atomic mass is 10.1. The molecule has 1 N–H and O–H groups in total. The van der Waals surface area contributed by atoms with Crippen LogP contribution in [0.25, 0.3) is 0 Å². The lowest BCUT2D eigenvalue weighted by molar-refractivity contribution is -0.120. The first-order valence-corrected chi connectivity index (χ1v) is 4.02. The van der Waals surface area contributed by atoms with Crippen molar-refractivity contribution in [2.24, 2.45) is 0 Å². The van der Waals surface area contributed by atoms with Crippen LogP contribution in [0.15, 0.2) is 0 Å². The Bertz CT molecular complexity index is 104. The summed E-state index contributed by atoms with van der Waals surface area (Å²) in [6, 6.07) is 0. The summed E-state index contributed by atoms with van der Waals surface area (Å²) in [5.41, 5.74) is 0.125.